The van der Waals surface area contributed by atoms with Crippen LogP contribution in [0.3, 0.4) is 0 Å². The van der Waals surface area contributed by atoms with Gasteiger partial charge in [0.1, 0.15) is 0 Å². The molecule has 0 unspecified atom stereocenters. The van der Waals surface area contributed by atoms with Crippen LogP contribution in [0.1, 0.15) is 280 Å². The molecule has 0 amide bonds. The van der Waals surface area contributed by atoms with E-state index in [4.69, 9.17) is 0 Å². The third-order valence-corrected chi connectivity index (χ3v) is 28.1. The topological polar surface area (TPSA) is 16.3 Å². The Hall–Kier alpha value is -10.4. The van der Waals surface area contributed by atoms with E-state index in [1.807, 2.05) is 0 Å². The van der Waals surface area contributed by atoms with Crippen LogP contribution in [-0.2, 0) is 21.7 Å². The molecule has 0 N–H and O–H groups in total. The maximum absolute atomic E-state index is 2.75. The van der Waals surface area contributed by atoms with Gasteiger partial charge in [0.15, 0.2) is 0 Å². The summed E-state index contributed by atoms with van der Waals surface area (Å²) in [6.07, 6.45) is 25.4. The molecule has 4 heteroatoms. The van der Waals surface area contributed by atoms with E-state index in [0.717, 1.165) is 22.7 Å². The molecule has 0 radical (unpaired) electrons. The van der Waals surface area contributed by atoms with Crippen LogP contribution in [0.25, 0.3) is 98.8 Å². The summed E-state index contributed by atoms with van der Waals surface area (Å²) < 4.78 is 5.23. The Balaban J connectivity index is 0.954. The van der Waals surface area contributed by atoms with E-state index in [9.17, 15) is 0 Å². The zero-order valence-corrected chi connectivity index (χ0v) is 72.5. The van der Waals surface area contributed by atoms with Crippen molar-refractivity contribution in [2.75, 3.05) is 9.80 Å². The lowest BCUT2D eigenvalue weighted by Crippen LogP contribution is -2.16. The number of hydrogen-bond acceptors (Lipinski definition) is 2. The molecule has 4 aliphatic rings. The van der Waals surface area contributed by atoms with Crippen LogP contribution in [-0.4, -0.2) is 9.13 Å². The lowest BCUT2D eigenvalue weighted by molar-refractivity contribution is 0.435. The van der Waals surface area contributed by atoms with Crippen LogP contribution in [0.5, 0.6) is 0 Å². The molecule has 4 aliphatic carbocycles. The Bertz CT molecular complexity index is 5810. The van der Waals surface area contributed by atoms with Crippen LogP contribution < -0.4 is 9.80 Å². The first kappa shape index (κ1) is 77.5. The van der Waals surface area contributed by atoms with Crippen molar-refractivity contribution in [3.63, 3.8) is 0 Å². The van der Waals surface area contributed by atoms with Crippen molar-refractivity contribution in [1.82, 2.24) is 9.13 Å². The quantitative estimate of drug-likeness (QED) is 0.101. The van der Waals surface area contributed by atoms with Crippen molar-refractivity contribution in [2.24, 2.45) is 0 Å². The Morgan fingerprint density at radius 2 is 0.568 bits per heavy atom. The molecule has 4 nitrogen and oxygen atoms in total. The Morgan fingerprint density at radius 1 is 0.246 bits per heavy atom. The van der Waals surface area contributed by atoms with E-state index in [1.165, 1.54) is 283 Å². The standard InChI is InChI=1S/C114H122N4/c1-111(2,3)83-57-61-91-95-51-35-55-103(109(95)117(105(91)71-83)85-45-27-17-28-46-85)115(89-67-79(75-37-19-13-20-38-75)65-80(68-89)76-39-21-14-22-40-76)87-59-63-93-99(73-87)107(97-49-31-33-53-101(97)113(7,8)9)94-64-60-88(74-100(94)108(93)98-50-32-34-54-102(98)114(10,11)12)116(90-69-81(77-41-23-15-24-42-77)66-82(70-90)78-43-25-16-26-44-78)104-56-36-52-96-92-62-58-84(112(4,5)6)72-106(92)118(110(96)104)86-47-29-18-30-48-86/h17-18,27-36,45-78H,13-16,19-26,37-44H2,1-12H3. The molecule has 15 aromatic rings. The van der Waals surface area contributed by atoms with Crippen molar-refractivity contribution in [3.05, 3.63) is 299 Å². The highest BCUT2D eigenvalue weighted by atomic mass is 15.2. The van der Waals surface area contributed by atoms with Gasteiger partial charge in [0, 0.05) is 55.7 Å². The van der Waals surface area contributed by atoms with Gasteiger partial charge in [-0.3, -0.25) is 0 Å². The molecule has 0 spiro atoms. The summed E-state index contributed by atoms with van der Waals surface area (Å²) in [6.45, 7) is 28.7. The van der Waals surface area contributed by atoms with E-state index in [0.29, 0.717) is 23.7 Å². The van der Waals surface area contributed by atoms with Crippen molar-refractivity contribution in [2.45, 2.75) is 257 Å². The van der Waals surface area contributed by atoms with Crippen molar-refractivity contribution in [3.8, 4) is 33.6 Å². The SMILES string of the molecule is CC(C)(C)c1ccc2c3cccc(N(c4cc(C5CCCCC5)cc(C5CCCCC5)c4)c4ccc5c(-c6ccccc6C(C)(C)C)c6cc(N(c7cc(C8CCCCC8)cc(C8CCCCC8)c7)c7cccc8c9ccc(C(C)(C)C)cc9n(-c9ccccc9)c78)ccc6c(-c6ccccc6C(C)(C)C)c5c4)c3n(-c3ccccc3)c2c1. The molecular formula is C114H122N4. The van der Waals surface area contributed by atoms with Gasteiger partial charge in [-0.25, -0.2) is 0 Å². The Morgan fingerprint density at radius 3 is 0.898 bits per heavy atom. The number of benzene rings is 13. The van der Waals surface area contributed by atoms with Gasteiger partial charge < -0.3 is 18.9 Å². The lowest BCUT2D eigenvalue weighted by Gasteiger charge is -2.33. The summed E-state index contributed by atoms with van der Waals surface area (Å²) in [4.78, 5) is 5.50. The van der Waals surface area contributed by atoms with Gasteiger partial charge in [0.2, 0.25) is 0 Å². The number of hydrogen-bond donors (Lipinski definition) is 0. The predicted molar refractivity (Wildman–Crippen MR) is 508 cm³/mol. The molecule has 4 saturated carbocycles. The summed E-state index contributed by atoms with van der Waals surface area (Å²) in [5, 5.41) is 10.1. The van der Waals surface area contributed by atoms with E-state index in [2.05, 4.69) is 357 Å². The number of aromatic nitrogens is 2. The highest BCUT2D eigenvalue weighted by Crippen LogP contribution is 2.56. The summed E-state index contributed by atoms with van der Waals surface area (Å²) >= 11 is 0. The third-order valence-electron chi connectivity index (χ3n) is 28.1. The van der Waals surface area contributed by atoms with Gasteiger partial charge in [-0.1, -0.05) is 318 Å². The molecule has 0 atom stereocenters. The molecule has 0 aliphatic heterocycles. The van der Waals surface area contributed by atoms with Gasteiger partial charge >= 0.3 is 0 Å². The van der Waals surface area contributed by atoms with E-state index < -0.39 is 0 Å². The first-order valence-corrected chi connectivity index (χ1v) is 45.5. The molecule has 19 rings (SSSR count). The number of fused-ring (bicyclic) bond motifs is 8. The molecule has 4 fully saturated rings. The molecular weight excluding hydrogens is 1430 g/mol. The van der Waals surface area contributed by atoms with Crippen molar-refractivity contribution >= 4 is 99.3 Å². The fourth-order valence-electron chi connectivity index (χ4n) is 22.0. The summed E-state index contributed by atoms with van der Waals surface area (Å²) in [7, 11) is 0. The number of para-hydroxylation sites is 4. The number of anilines is 6. The van der Waals surface area contributed by atoms with Crippen LogP contribution in [0.15, 0.2) is 255 Å². The Labute approximate surface area is 703 Å². The third kappa shape index (κ3) is 14.4. The summed E-state index contributed by atoms with van der Waals surface area (Å²) in [5.41, 5.74) is 30.4. The molecule has 0 saturated heterocycles. The average molecular weight is 1550 g/mol. The van der Waals surface area contributed by atoms with Crippen molar-refractivity contribution < 1.29 is 0 Å². The van der Waals surface area contributed by atoms with Gasteiger partial charge in [0.25, 0.3) is 0 Å². The monoisotopic (exact) mass is 1550 g/mol. The molecule has 13 aromatic carbocycles. The van der Waals surface area contributed by atoms with E-state index in [-0.39, 0.29) is 21.7 Å². The average Bonchev–Trinajstić information content (AvgIpc) is 1.11. The molecule has 2 aromatic heterocycles. The van der Waals surface area contributed by atoms with E-state index in [1.54, 1.807) is 0 Å². The smallest absolute Gasteiger partial charge is 0.0782 e. The van der Waals surface area contributed by atoms with Gasteiger partial charge in [-0.2, -0.15) is 0 Å². The van der Waals surface area contributed by atoms with Crippen LogP contribution >= 0.6 is 0 Å². The maximum Gasteiger partial charge on any atom is 0.0782 e. The maximum atomic E-state index is 2.75. The normalized spacial score (nSPS) is 16.2. The number of nitrogens with zero attached hydrogens (tertiary/aromatic N) is 4. The highest BCUT2D eigenvalue weighted by Gasteiger charge is 2.34. The van der Waals surface area contributed by atoms with E-state index >= 15 is 0 Å². The zero-order valence-electron chi connectivity index (χ0n) is 72.5. The minimum absolute atomic E-state index is 0.0587. The van der Waals surface area contributed by atoms with Gasteiger partial charge in [0.05, 0.1) is 33.4 Å². The summed E-state index contributed by atoms with van der Waals surface area (Å²) in [6, 6.07) is 102. The minimum Gasteiger partial charge on any atom is -0.308 e. The Kier molecular flexibility index (Phi) is 20.4. The highest BCUT2D eigenvalue weighted by molar-refractivity contribution is 6.24. The molecule has 598 valence electrons. The van der Waals surface area contributed by atoms with Crippen molar-refractivity contribution in [1.29, 1.82) is 0 Å². The van der Waals surface area contributed by atoms with Crippen LogP contribution in [0.4, 0.5) is 34.1 Å². The predicted octanol–water partition coefficient (Wildman–Crippen LogP) is 33.8. The van der Waals surface area contributed by atoms with Crippen LogP contribution in [0, 0.1) is 0 Å². The fourth-order valence-corrected chi connectivity index (χ4v) is 22.0. The number of rotatable bonds is 14. The second kappa shape index (κ2) is 31.1. The summed E-state index contributed by atoms with van der Waals surface area (Å²) in [5.74, 6) is 2.05. The molecule has 2 heterocycles. The molecule has 118 heavy (non-hydrogen) atoms. The zero-order chi connectivity index (χ0) is 80.9. The second-order valence-corrected chi connectivity index (χ2v) is 40.2. The first-order chi connectivity index (χ1) is 57.1. The lowest BCUT2D eigenvalue weighted by atomic mass is 9.76. The molecule has 0 bridgehead atoms. The van der Waals surface area contributed by atoms with Gasteiger partial charge in [-0.15, -0.1) is 0 Å². The first-order valence-electron chi connectivity index (χ1n) is 45.5. The van der Waals surface area contributed by atoms with Gasteiger partial charge in [-0.05, 0) is 282 Å². The second-order valence-electron chi connectivity index (χ2n) is 40.2. The fraction of sp³-hybridized carbons (Fsp3) is 0.351. The van der Waals surface area contributed by atoms with Crippen LogP contribution in [0.2, 0.25) is 0 Å². The minimum atomic E-state index is -0.210. The largest absolute Gasteiger partial charge is 0.308 e.